The molecule has 0 bridgehead atoms. The van der Waals surface area contributed by atoms with Crippen LogP contribution in [0, 0.1) is 5.82 Å². The highest BCUT2D eigenvalue weighted by molar-refractivity contribution is 5.84. The molecule has 7 nitrogen and oxygen atoms in total. The third-order valence-corrected chi connectivity index (χ3v) is 7.00. The number of aliphatic hydroxyl groups excluding tert-OH is 1. The summed E-state index contributed by atoms with van der Waals surface area (Å²) in [7, 11) is 1.54. The van der Waals surface area contributed by atoms with Gasteiger partial charge in [-0.15, -0.1) is 0 Å². The smallest absolute Gasteiger partial charge is 0.394 e. The van der Waals surface area contributed by atoms with Gasteiger partial charge in [0, 0.05) is 25.6 Å². The first-order valence-electron chi connectivity index (χ1n) is 11.1. The van der Waals surface area contributed by atoms with E-state index in [-0.39, 0.29) is 36.7 Å². The second kappa shape index (κ2) is 7.98. The molecule has 0 amide bonds. The zero-order chi connectivity index (χ0) is 23.5. The second-order valence-electron chi connectivity index (χ2n) is 8.97. The largest absolute Gasteiger partial charge is 0.403 e. The number of halogens is 4. The standard InChI is InChI=1S/C22H25F4N5O2/c1-29-20-9-16(12-4-5-27-19(7-12)22(24,25)26)28-31(20)17-10-18(15(23)8-14(17)21(29)33)30-6-2-3-13(30)11-32/h8-10,12-13,19,27,32H,2-7,11H2,1H3. The van der Waals surface area contributed by atoms with E-state index in [1.54, 1.807) is 17.0 Å². The van der Waals surface area contributed by atoms with E-state index in [9.17, 15) is 23.1 Å². The molecule has 0 saturated carbocycles. The van der Waals surface area contributed by atoms with Crippen molar-refractivity contribution in [2.24, 2.45) is 7.05 Å². The highest BCUT2D eigenvalue weighted by Crippen LogP contribution is 2.35. The van der Waals surface area contributed by atoms with Gasteiger partial charge in [0.2, 0.25) is 0 Å². The molecule has 5 rings (SSSR count). The minimum Gasteiger partial charge on any atom is -0.394 e. The van der Waals surface area contributed by atoms with Crippen LogP contribution in [-0.4, -0.2) is 57.2 Å². The van der Waals surface area contributed by atoms with Gasteiger partial charge in [-0.05, 0) is 44.4 Å². The van der Waals surface area contributed by atoms with Gasteiger partial charge in [-0.2, -0.15) is 18.3 Å². The molecule has 2 aliphatic heterocycles. The summed E-state index contributed by atoms with van der Waals surface area (Å²) in [6.07, 6.45) is -2.43. The number of nitrogens with one attached hydrogen (secondary N) is 1. The third kappa shape index (κ3) is 3.67. The number of rotatable bonds is 3. The van der Waals surface area contributed by atoms with Crippen LogP contribution in [0.2, 0.25) is 0 Å². The van der Waals surface area contributed by atoms with Crippen LogP contribution < -0.4 is 15.8 Å². The van der Waals surface area contributed by atoms with Gasteiger partial charge in [-0.3, -0.25) is 9.36 Å². The Bertz CT molecular complexity index is 1270. The molecule has 2 fully saturated rings. The van der Waals surface area contributed by atoms with Crippen LogP contribution >= 0.6 is 0 Å². The van der Waals surface area contributed by atoms with Crippen molar-refractivity contribution in [2.45, 2.75) is 49.9 Å². The Balaban J connectivity index is 1.64. The molecular weight excluding hydrogens is 442 g/mol. The van der Waals surface area contributed by atoms with Crippen molar-refractivity contribution in [3.63, 3.8) is 0 Å². The van der Waals surface area contributed by atoms with E-state index in [0.717, 1.165) is 12.8 Å². The van der Waals surface area contributed by atoms with Crippen molar-refractivity contribution in [1.29, 1.82) is 0 Å². The minimum atomic E-state index is -4.34. The van der Waals surface area contributed by atoms with Crippen molar-refractivity contribution < 1.29 is 22.7 Å². The summed E-state index contributed by atoms with van der Waals surface area (Å²) < 4.78 is 57.7. The number of hydrogen-bond donors (Lipinski definition) is 2. The van der Waals surface area contributed by atoms with Gasteiger partial charge in [-0.1, -0.05) is 0 Å². The molecule has 0 aliphatic carbocycles. The van der Waals surface area contributed by atoms with Gasteiger partial charge in [0.25, 0.3) is 5.56 Å². The Hall–Kier alpha value is -2.66. The summed E-state index contributed by atoms with van der Waals surface area (Å²) in [5.41, 5.74) is 1.18. The van der Waals surface area contributed by atoms with E-state index < -0.39 is 29.5 Å². The molecule has 2 aromatic heterocycles. The third-order valence-electron chi connectivity index (χ3n) is 7.00. The second-order valence-corrected chi connectivity index (χ2v) is 8.97. The Kier molecular flexibility index (Phi) is 5.36. The molecule has 2 saturated heterocycles. The molecule has 0 radical (unpaired) electrons. The predicted octanol–water partition coefficient (Wildman–Crippen LogP) is 2.68. The van der Waals surface area contributed by atoms with Crippen molar-refractivity contribution in [3.05, 3.63) is 40.1 Å². The summed E-state index contributed by atoms with van der Waals surface area (Å²) >= 11 is 0. The van der Waals surface area contributed by atoms with Gasteiger partial charge in [-0.25, -0.2) is 8.91 Å². The molecule has 178 valence electrons. The topological polar surface area (TPSA) is 74.8 Å². The molecule has 2 aliphatic rings. The highest BCUT2D eigenvalue weighted by atomic mass is 19.4. The van der Waals surface area contributed by atoms with Crippen molar-refractivity contribution in [3.8, 4) is 0 Å². The number of piperidine rings is 1. The lowest BCUT2D eigenvalue weighted by Crippen LogP contribution is -2.47. The SMILES string of the molecule is Cn1c(=O)c2cc(F)c(N3CCCC3CO)cc2n2nc(C3CCNC(C(F)(F)F)C3)cc12. The normalized spacial score (nSPS) is 24.3. The fourth-order valence-corrected chi connectivity index (χ4v) is 5.18. The summed E-state index contributed by atoms with van der Waals surface area (Å²) in [4.78, 5) is 14.8. The Morgan fingerprint density at radius 1 is 1.24 bits per heavy atom. The lowest BCUT2D eigenvalue weighted by molar-refractivity contribution is -0.161. The number of aromatic nitrogens is 3. The van der Waals surface area contributed by atoms with Gasteiger partial charge in [0.1, 0.15) is 17.5 Å². The molecule has 3 aromatic rings. The number of hydrogen-bond acceptors (Lipinski definition) is 5. The molecular formula is C22H25F4N5O2. The van der Waals surface area contributed by atoms with Crippen LogP contribution in [0.5, 0.6) is 0 Å². The maximum atomic E-state index is 15.0. The summed E-state index contributed by atoms with van der Waals surface area (Å²) in [6.45, 7) is 0.695. The summed E-state index contributed by atoms with van der Waals surface area (Å²) in [5, 5.41) is 16.9. The number of benzene rings is 1. The fraction of sp³-hybridized carbons (Fsp3) is 0.545. The minimum absolute atomic E-state index is 0.106. The molecule has 33 heavy (non-hydrogen) atoms. The van der Waals surface area contributed by atoms with Crippen LogP contribution in [-0.2, 0) is 7.05 Å². The fourth-order valence-electron chi connectivity index (χ4n) is 5.18. The van der Waals surface area contributed by atoms with Crippen LogP contribution in [0.25, 0.3) is 16.6 Å². The predicted molar refractivity (Wildman–Crippen MR) is 115 cm³/mol. The van der Waals surface area contributed by atoms with E-state index >= 15 is 4.39 Å². The van der Waals surface area contributed by atoms with Crippen molar-refractivity contribution in [2.75, 3.05) is 24.6 Å². The maximum absolute atomic E-state index is 15.0. The first-order valence-corrected chi connectivity index (χ1v) is 11.1. The number of aliphatic hydroxyl groups is 1. The van der Waals surface area contributed by atoms with Gasteiger partial charge >= 0.3 is 6.18 Å². The van der Waals surface area contributed by atoms with Gasteiger partial charge < -0.3 is 15.3 Å². The molecule has 4 heterocycles. The van der Waals surface area contributed by atoms with Gasteiger partial charge in [0.05, 0.1) is 34.9 Å². The van der Waals surface area contributed by atoms with E-state index in [4.69, 9.17) is 0 Å². The maximum Gasteiger partial charge on any atom is 0.403 e. The van der Waals surface area contributed by atoms with Crippen LogP contribution in [0.3, 0.4) is 0 Å². The summed E-state index contributed by atoms with van der Waals surface area (Å²) in [5.74, 6) is -0.974. The quantitative estimate of drug-likeness (QED) is 0.580. The Morgan fingerprint density at radius 2 is 2.03 bits per heavy atom. The average molecular weight is 467 g/mol. The lowest BCUT2D eigenvalue weighted by Gasteiger charge is -2.30. The van der Waals surface area contributed by atoms with Crippen LogP contribution in [0.15, 0.2) is 23.0 Å². The Morgan fingerprint density at radius 3 is 2.76 bits per heavy atom. The van der Waals surface area contributed by atoms with E-state index in [1.165, 1.54) is 22.2 Å². The first-order chi connectivity index (χ1) is 15.7. The molecule has 2 N–H and O–H groups in total. The zero-order valence-corrected chi connectivity index (χ0v) is 18.1. The Labute approximate surface area is 186 Å². The van der Waals surface area contributed by atoms with E-state index in [1.807, 2.05) is 0 Å². The first kappa shape index (κ1) is 22.1. The number of anilines is 1. The number of fused-ring (bicyclic) bond motifs is 3. The molecule has 3 unspecified atom stereocenters. The average Bonchev–Trinajstić information content (AvgIpc) is 3.44. The molecule has 1 aromatic carbocycles. The van der Waals surface area contributed by atoms with Crippen molar-refractivity contribution >= 4 is 22.2 Å². The molecule has 3 atom stereocenters. The van der Waals surface area contributed by atoms with Crippen LogP contribution in [0.4, 0.5) is 23.2 Å². The number of alkyl halides is 3. The molecule has 0 spiro atoms. The zero-order valence-electron chi connectivity index (χ0n) is 18.1. The van der Waals surface area contributed by atoms with E-state index in [0.29, 0.717) is 29.8 Å². The molecule has 11 heteroatoms. The summed E-state index contributed by atoms with van der Waals surface area (Å²) in [6, 6.07) is 2.59. The number of nitrogens with zero attached hydrogens (tertiary/aromatic N) is 4. The van der Waals surface area contributed by atoms with Gasteiger partial charge in [0.15, 0.2) is 0 Å². The van der Waals surface area contributed by atoms with Crippen molar-refractivity contribution in [1.82, 2.24) is 19.5 Å². The monoisotopic (exact) mass is 467 g/mol. The van der Waals surface area contributed by atoms with Crippen LogP contribution in [0.1, 0.15) is 37.3 Å². The van der Waals surface area contributed by atoms with E-state index in [2.05, 4.69) is 10.4 Å². The highest BCUT2D eigenvalue weighted by Gasteiger charge is 2.43. The lowest BCUT2D eigenvalue weighted by atomic mass is 9.89. The number of aryl methyl sites for hydroxylation is 1.